The molecule has 0 aromatic rings. The van der Waals surface area contributed by atoms with E-state index >= 15 is 0 Å². The molecule has 0 rings (SSSR count). The summed E-state index contributed by atoms with van der Waals surface area (Å²) >= 11 is 0. The van der Waals surface area contributed by atoms with E-state index in [1.807, 2.05) is 0 Å². The molecule has 80 valence electrons. The van der Waals surface area contributed by atoms with Crippen LogP contribution in [0.25, 0.3) is 0 Å². The van der Waals surface area contributed by atoms with Crippen LogP contribution >= 0.6 is 0 Å². The molecular formula is C6H24O4Si2. The van der Waals surface area contributed by atoms with Crippen LogP contribution < -0.4 is 0 Å². The van der Waals surface area contributed by atoms with Gasteiger partial charge in [-0.1, -0.05) is 41.0 Å². The van der Waals surface area contributed by atoms with Crippen molar-refractivity contribution in [1.82, 2.24) is 0 Å². The Morgan fingerprint density at radius 2 is 0.667 bits per heavy atom. The van der Waals surface area contributed by atoms with Crippen molar-refractivity contribution in [3.63, 3.8) is 0 Å². The van der Waals surface area contributed by atoms with Gasteiger partial charge in [0.1, 0.15) is 0 Å². The summed E-state index contributed by atoms with van der Waals surface area (Å²) in [5.41, 5.74) is 0. The Hall–Kier alpha value is 0.274. The first kappa shape index (κ1) is 22.8. The highest BCUT2D eigenvalue weighted by molar-refractivity contribution is 6.74. The molecule has 0 aliphatic carbocycles. The molecule has 4 N–H and O–H groups in total. The Balaban J connectivity index is -0.0000000457. The fourth-order valence-electron chi connectivity index (χ4n) is 0. The highest BCUT2D eigenvalue weighted by Gasteiger charge is 2.22. The number of rotatable bonds is 0. The molecule has 0 spiro atoms. The second-order valence-corrected chi connectivity index (χ2v) is 10.8. The lowest BCUT2D eigenvalue weighted by molar-refractivity contribution is 0.117. The molecule has 0 saturated heterocycles. The number of hydrogen-bond donors (Lipinski definition) is 4. The smallest absolute Gasteiger partial charge is 0.368 e. The van der Waals surface area contributed by atoms with Gasteiger partial charge in [0.2, 0.25) is 0 Å². The Labute approximate surface area is 78.0 Å². The van der Waals surface area contributed by atoms with Crippen molar-refractivity contribution in [3.05, 3.63) is 0 Å². The van der Waals surface area contributed by atoms with Crippen LogP contribution in [0.3, 0.4) is 0 Å². The molecule has 12 heavy (non-hydrogen) atoms. The topological polar surface area (TPSA) is 80.9 Å². The minimum Gasteiger partial charge on any atom is -0.368 e. The second kappa shape index (κ2) is 7.90. The predicted molar refractivity (Wildman–Crippen MR) is 57.3 cm³/mol. The fraction of sp³-hybridized carbons (Fsp3) is 1.00. The van der Waals surface area contributed by atoms with Crippen LogP contribution in [-0.4, -0.2) is 36.3 Å². The van der Waals surface area contributed by atoms with Crippen LogP contribution in [0.1, 0.15) is 14.9 Å². The van der Waals surface area contributed by atoms with Crippen molar-refractivity contribution in [2.75, 3.05) is 0 Å². The third-order valence-corrected chi connectivity index (χ3v) is 0. The van der Waals surface area contributed by atoms with Gasteiger partial charge >= 0.3 is 9.05 Å². The van der Waals surface area contributed by atoms with Crippen molar-refractivity contribution in [1.29, 1.82) is 0 Å². The van der Waals surface area contributed by atoms with Crippen LogP contribution in [0.4, 0.5) is 0 Å². The molecule has 0 amide bonds. The highest BCUT2D eigenvalue weighted by atomic mass is 28.4. The first-order chi connectivity index (χ1) is 4.00. The molecule has 0 aromatic heterocycles. The van der Waals surface area contributed by atoms with Crippen LogP contribution in [0, 0.1) is 0 Å². The molecule has 4 nitrogen and oxygen atoms in total. The fourth-order valence-corrected chi connectivity index (χ4v) is 0. The van der Waals surface area contributed by atoms with Gasteiger partial charge in [-0.05, 0) is 0 Å². The maximum absolute atomic E-state index is 7.33. The van der Waals surface area contributed by atoms with Gasteiger partial charge in [0, 0.05) is 8.07 Å². The van der Waals surface area contributed by atoms with Crippen molar-refractivity contribution >= 4 is 17.1 Å². The third kappa shape index (κ3) is 11800. The van der Waals surface area contributed by atoms with Gasteiger partial charge in [-0.15, -0.1) is 0 Å². The average Bonchev–Trinajstić information content (AvgIpc) is 1.12. The van der Waals surface area contributed by atoms with E-state index in [0.29, 0.717) is 0 Å². The molecule has 6 heteroatoms. The standard InChI is InChI=1S/C4H12Si.2CH4.H4O4Si/c1-5(2,3)4;;;1-5(2,3)4/h1-4H3;2*1H4;1-4H. The van der Waals surface area contributed by atoms with E-state index in [1.54, 1.807) is 0 Å². The first-order valence-corrected chi connectivity index (χ1v) is 8.68. The lowest BCUT2D eigenvalue weighted by Gasteiger charge is -2.01. The van der Waals surface area contributed by atoms with Gasteiger partial charge in [0.15, 0.2) is 0 Å². The van der Waals surface area contributed by atoms with Gasteiger partial charge in [0.05, 0.1) is 0 Å². The Kier molecular flexibility index (Phi) is 15.0. The van der Waals surface area contributed by atoms with E-state index in [1.165, 1.54) is 0 Å². The zero-order valence-corrected chi connectivity index (χ0v) is 8.79. The monoisotopic (exact) mass is 216 g/mol. The molecule has 0 aliphatic heterocycles. The zero-order valence-electron chi connectivity index (χ0n) is 6.79. The SMILES string of the molecule is C.C.C[Si](C)(C)C.O[Si](O)(O)O. The largest absolute Gasteiger partial charge is 0.668 e. The minimum atomic E-state index is -4.61. The van der Waals surface area contributed by atoms with Crippen LogP contribution in [0.5, 0.6) is 0 Å². The third-order valence-electron chi connectivity index (χ3n) is 0. The molecule has 0 heterocycles. The molecule has 0 fully saturated rings. The molecule has 0 bridgehead atoms. The molecule has 0 atom stereocenters. The quantitative estimate of drug-likeness (QED) is 0.448. The first-order valence-electron chi connectivity index (χ1n) is 2.89. The summed E-state index contributed by atoms with van der Waals surface area (Å²) in [5.74, 6) is 0. The van der Waals surface area contributed by atoms with Crippen molar-refractivity contribution in [3.8, 4) is 0 Å². The van der Waals surface area contributed by atoms with E-state index in [-0.39, 0.29) is 14.9 Å². The normalized spacial score (nSPS) is 10.0. The zero-order chi connectivity index (χ0) is 9.00. The Morgan fingerprint density at radius 3 is 0.667 bits per heavy atom. The molecule has 0 radical (unpaired) electrons. The lowest BCUT2D eigenvalue weighted by atomic mass is 11.8. The summed E-state index contributed by atoms with van der Waals surface area (Å²) in [6, 6.07) is 0. The van der Waals surface area contributed by atoms with E-state index in [2.05, 4.69) is 26.2 Å². The summed E-state index contributed by atoms with van der Waals surface area (Å²) in [6.07, 6.45) is 0. The van der Waals surface area contributed by atoms with E-state index in [9.17, 15) is 0 Å². The predicted octanol–water partition coefficient (Wildman–Crippen LogP) is 0.618. The maximum atomic E-state index is 7.33. The maximum Gasteiger partial charge on any atom is 0.668 e. The van der Waals surface area contributed by atoms with E-state index in [0.717, 1.165) is 0 Å². The highest BCUT2D eigenvalue weighted by Crippen LogP contribution is 1.94. The molecule has 0 saturated carbocycles. The summed E-state index contributed by atoms with van der Waals surface area (Å²) in [5, 5.41) is 0. The summed E-state index contributed by atoms with van der Waals surface area (Å²) in [4.78, 5) is 29.3. The van der Waals surface area contributed by atoms with Crippen LogP contribution in [0.2, 0.25) is 26.2 Å². The molecule has 0 aromatic carbocycles. The molecular weight excluding hydrogens is 192 g/mol. The van der Waals surface area contributed by atoms with Crippen LogP contribution in [0.15, 0.2) is 0 Å². The molecule has 0 unspecified atom stereocenters. The summed E-state index contributed by atoms with van der Waals surface area (Å²) in [6.45, 7) is 9.31. The number of hydrogen-bond acceptors (Lipinski definition) is 4. The summed E-state index contributed by atoms with van der Waals surface area (Å²) in [7, 11) is -5.22. The summed E-state index contributed by atoms with van der Waals surface area (Å²) < 4.78 is 0. The Morgan fingerprint density at radius 1 is 0.667 bits per heavy atom. The van der Waals surface area contributed by atoms with Crippen molar-refractivity contribution in [2.24, 2.45) is 0 Å². The Bertz CT molecular complexity index is 60.5. The van der Waals surface area contributed by atoms with Gasteiger partial charge in [-0.2, -0.15) is 0 Å². The lowest BCUT2D eigenvalue weighted by Crippen LogP contribution is -2.33. The van der Waals surface area contributed by atoms with Gasteiger partial charge < -0.3 is 19.2 Å². The van der Waals surface area contributed by atoms with Crippen molar-refractivity contribution in [2.45, 2.75) is 41.0 Å². The minimum absolute atomic E-state index is 0. The van der Waals surface area contributed by atoms with Crippen molar-refractivity contribution < 1.29 is 19.2 Å². The second-order valence-electron chi connectivity index (χ2n) is 3.60. The van der Waals surface area contributed by atoms with Gasteiger partial charge in [-0.3, -0.25) is 0 Å². The van der Waals surface area contributed by atoms with E-state index in [4.69, 9.17) is 19.2 Å². The van der Waals surface area contributed by atoms with E-state index < -0.39 is 17.1 Å². The van der Waals surface area contributed by atoms with Crippen LogP contribution in [-0.2, 0) is 0 Å². The van der Waals surface area contributed by atoms with Gasteiger partial charge in [-0.25, -0.2) is 0 Å². The average molecular weight is 216 g/mol. The molecule has 0 aliphatic rings. The van der Waals surface area contributed by atoms with Gasteiger partial charge in [0.25, 0.3) is 0 Å².